The summed E-state index contributed by atoms with van der Waals surface area (Å²) in [6.07, 6.45) is 3.86. The van der Waals surface area contributed by atoms with Crippen molar-refractivity contribution in [3.63, 3.8) is 0 Å². The Balaban J connectivity index is 1.58. The topological polar surface area (TPSA) is 21.3 Å². The van der Waals surface area contributed by atoms with Crippen LogP contribution in [0, 0.1) is 0 Å². The first-order chi connectivity index (χ1) is 9.92. The first-order valence-corrected chi connectivity index (χ1v) is 7.42. The Morgan fingerprint density at radius 1 is 0.950 bits per heavy atom. The van der Waals surface area contributed by atoms with Gasteiger partial charge in [0.1, 0.15) is 12.4 Å². The molecule has 0 spiro atoms. The van der Waals surface area contributed by atoms with E-state index in [1.54, 1.807) is 0 Å². The lowest BCUT2D eigenvalue weighted by Crippen LogP contribution is -2.26. The summed E-state index contributed by atoms with van der Waals surface area (Å²) in [5.74, 6) is 0.938. The van der Waals surface area contributed by atoms with Crippen molar-refractivity contribution in [1.29, 1.82) is 0 Å². The molecule has 0 saturated carbocycles. The van der Waals surface area contributed by atoms with E-state index in [2.05, 4.69) is 41.7 Å². The highest BCUT2D eigenvalue weighted by Gasteiger charge is 2.14. The molecule has 2 aromatic rings. The van der Waals surface area contributed by atoms with E-state index in [1.807, 2.05) is 18.2 Å². The standard InChI is InChI=1S/C18H21NO/c1-2-6-15(7-3-1)14-20-17-11-9-16(10-12-17)18-8-4-5-13-19-18/h1-3,6-7,9-12,18-19H,4-5,8,13-14H2/t18-/m1/s1. The van der Waals surface area contributed by atoms with Crippen LogP contribution >= 0.6 is 0 Å². The zero-order chi connectivity index (χ0) is 13.6. The predicted molar refractivity (Wildman–Crippen MR) is 81.8 cm³/mol. The van der Waals surface area contributed by atoms with Crippen LogP contribution < -0.4 is 10.1 Å². The van der Waals surface area contributed by atoms with Crippen molar-refractivity contribution in [3.8, 4) is 5.75 Å². The number of hydrogen-bond donors (Lipinski definition) is 1. The molecule has 2 aromatic carbocycles. The van der Waals surface area contributed by atoms with Gasteiger partial charge in [-0.25, -0.2) is 0 Å². The third-order valence-electron chi connectivity index (χ3n) is 3.84. The normalized spacial score (nSPS) is 18.7. The molecule has 2 nitrogen and oxygen atoms in total. The van der Waals surface area contributed by atoms with Gasteiger partial charge in [0.15, 0.2) is 0 Å². The van der Waals surface area contributed by atoms with Crippen LogP contribution in [0.4, 0.5) is 0 Å². The molecule has 3 rings (SSSR count). The van der Waals surface area contributed by atoms with Crippen molar-refractivity contribution in [3.05, 3.63) is 65.7 Å². The summed E-state index contributed by atoms with van der Waals surface area (Å²) >= 11 is 0. The molecular formula is C18H21NO. The van der Waals surface area contributed by atoms with Gasteiger partial charge in [-0.3, -0.25) is 0 Å². The highest BCUT2D eigenvalue weighted by Crippen LogP contribution is 2.24. The molecule has 0 radical (unpaired) electrons. The monoisotopic (exact) mass is 267 g/mol. The molecule has 0 aliphatic carbocycles. The van der Waals surface area contributed by atoms with E-state index in [-0.39, 0.29) is 0 Å². The molecule has 1 atom stereocenters. The lowest BCUT2D eigenvalue weighted by Gasteiger charge is -2.23. The van der Waals surface area contributed by atoms with Crippen molar-refractivity contribution < 1.29 is 4.74 Å². The second kappa shape index (κ2) is 6.58. The Morgan fingerprint density at radius 2 is 1.75 bits per heavy atom. The zero-order valence-electron chi connectivity index (χ0n) is 11.7. The average Bonchev–Trinajstić information content (AvgIpc) is 2.55. The Labute approximate surface area is 120 Å². The van der Waals surface area contributed by atoms with Crippen LogP contribution in [0.5, 0.6) is 5.75 Å². The van der Waals surface area contributed by atoms with E-state index in [4.69, 9.17) is 4.74 Å². The van der Waals surface area contributed by atoms with Crippen molar-refractivity contribution >= 4 is 0 Å². The van der Waals surface area contributed by atoms with Crippen LogP contribution in [0.1, 0.15) is 36.4 Å². The molecule has 0 unspecified atom stereocenters. The van der Waals surface area contributed by atoms with Gasteiger partial charge in [0, 0.05) is 6.04 Å². The van der Waals surface area contributed by atoms with E-state index in [0.717, 1.165) is 12.3 Å². The lowest BCUT2D eigenvalue weighted by molar-refractivity contribution is 0.306. The van der Waals surface area contributed by atoms with Gasteiger partial charge in [0.2, 0.25) is 0 Å². The number of rotatable bonds is 4. The van der Waals surface area contributed by atoms with E-state index < -0.39 is 0 Å². The number of ether oxygens (including phenoxy) is 1. The van der Waals surface area contributed by atoms with Gasteiger partial charge < -0.3 is 10.1 Å². The third kappa shape index (κ3) is 3.40. The summed E-state index contributed by atoms with van der Waals surface area (Å²) in [6, 6.07) is 19.3. The molecule has 1 saturated heterocycles. The summed E-state index contributed by atoms with van der Waals surface area (Å²) in [5, 5.41) is 3.57. The molecular weight excluding hydrogens is 246 g/mol. The van der Waals surface area contributed by atoms with E-state index in [1.165, 1.54) is 30.4 Å². The van der Waals surface area contributed by atoms with E-state index >= 15 is 0 Å². The third-order valence-corrected chi connectivity index (χ3v) is 3.84. The molecule has 0 amide bonds. The van der Waals surface area contributed by atoms with Crippen LogP contribution in [-0.4, -0.2) is 6.54 Å². The van der Waals surface area contributed by atoms with Crippen LogP contribution in [0.3, 0.4) is 0 Å². The van der Waals surface area contributed by atoms with Crippen molar-refractivity contribution in [2.45, 2.75) is 31.9 Å². The molecule has 0 aromatic heterocycles. The second-order valence-electron chi connectivity index (χ2n) is 5.35. The fraction of sp³-hybridized carbons (Fsp3) is 0.333. The molecule has 2 heteroatoms. The predicted octanol–water partition coefficient (Wildman–Crippen LogP) is 4.08. The Bertz CT molecular complexity index is 515. The maximum atomic E-state index is 5.81. The van der Waals surface area contributed by atoms with Gasteiger partial charge in [0.05, 0.1) is 0 Å². The maximum absolute atomic E-state index is 5.81. The molecule has 1 N–H and O–H groups in total. The number of nitrogens with one attached hydrogen (secondary N) is 1. The minimum Gasteiger partial charge on any atom is -0.489 e. The lowest BCUT2D eigenvalue weighted by atomic mass is 9.98. The summed E-state index contributed by atoms with van der Waals surface area (Å²) in [5.41, 5.74) is 2.57. The number of piperidine rings is 1. The molecule has 104 valence electrons. The fourth-order valence-electron chi connectivity index (χ4n) is 2.67. The Hall–Kier alpha value is -1.80. The summed E-state index contributed by atoms with van der Waals surface area (Å²) in [6.45, 7) is 1.76. The molecule has 1 fully saturated rings. The molecule has 1 heterocycles. The van der Waals surface area contributed by atoms with Crippen LogP contribution in [0.15, 0.2) is 54.6 Å². The molecule has 1 aliphatic heterocycles. The minimum atomic E-state index is 0.520. The number of hydrogen-bond acceptors (Lipinski definition) is 2. The SMILES string of the molecule is c1ccc(COc2ccc([C@H]3CCCCN3)cc2)cc1. The van der Waals surface area contributed by atoms with Crippen LogP contribution in [0.2, 0.25) is 0 Å². The van der Waals surface area contributed by atoms with Gasteiger partial charge >= 0.3 is 0 Å². The van der Waals surface area contributed by atoms with Gasteiger partial charge in [-0.2, -0.15) is 0 Å². The maximum Gasteiger partial charge on any atom is 0.119 e. The van der Waals surface area contributed by atoms with Crippen molar-refractivity contribution in [1.82, 2.24) is 5.32 Å². The summed E-state index contributed by atoms with van der Waals surface area (Å²) in [4.78, 5) is 0. The highest BCUT2D eigenvalue weighted by molar-refractivity contribution is 5.29. The first-order valence-electron chi connectivity index (χ1n) is 7.42. The van der Waals surface area contributed by atoms with Gasteiger partial charge in [-0.1, -0.05) is 48.9 Å². The second-order valence-corrected chi connectivity index (χ2v) is 5.35. The van der Waals surface area contributed by atoms with Gasteiger partial charge in [0.25, 0.3) is 0 Å². The first kappa shape index (κ1) is 13.2. The molecule has 1 aliphatic rings. The van der Waals surface area contributed by atoms with Crippen molar-refractivity contribution in [2.75, 3.05) is 6.54 Å². The molecule has 20 heavy (non-hydrogen) atoms. The van der Waals surface area contributed by atoms with Crippen LogP contribution in [-0.2, 0) is 6.61 Å². The summed E-state index contributed by atoms with van der Waals surface area (Å²) < 4.78 is 5.81. The smallest absolute Gasteiger partial charge is 0.119 e. The quantitative estimate of drug-likeness (QED) is 0.901. The molecule has 0 bridgehead atoms. The van der Waals surface area contributed by atoms with E-state index in [0.29, 0.717) is 12.6 Å². The van der Waals surface area contributed by atoms with Gasteiger partial charge in [-0.05, 0) is 42.6 Å². The summed E-state index contributed by atoms with van der Waals surface area (Å²) in [7, 11) is 0. The minimum absolute atomic E-state index is 0.520. The Kier molecular flexibility index (Phi) is 4.34. The van der Waals surface area contributed by atoms with Crippen molar-refractivity contribution in [2.24, 2.45) is 0 Å². The highest BCUT2D eigenvalue weighted by atomic mass is 16.5. The largest absolute Gasteiger partial charge is 0.489 e. The van der Waals surface area contributed by atoms with Gasteiger partial charge in [-0.15, -0.1) is 0 Å². The van der Waals surface area contributed by atoms with E-state index in [9.17, 15) is 0 Å². The Morgan fingerprint density at radius 3 is 2.45 bits per heavy atom. The van der Waals surface area contributed by atoms with Crippen LogP contribution in [0.25, 0.3) is 0 Å². The fourth-order valence-corrected chi connectivity index (χ4v) is 2.67. The zero-order valence-corrected chi connectivity index (χ0v) is 11.7. The average molecular weight is 267 g/mol. The number of benzene rings is 2.